The van der Waals surface area contributed by atoms with Crippen molar-refractivity contribution in [2.75, 3.05) is 5.73 Å². The molecule has 0 amide bonds. The molecule has 0 radical (unpaired) electrons. The molecule has 0 saturated carbocycles. The van der Waals surface area contributed by atoms with E-state index < -0.39 is 9.84 Å². The second-order valence-electron chi connectivity index (χ2n) is 4.90. The molecule has 20 heavy (non-hydrogen) atoms. The van der Waals surface area contributed by atoms with Gasteiger partial charge in [0.1, 0.15) is 0 Å². The summed E-state index contributed by atoms with van der Waals surface area (Å²) < 4.78 is 24.9. The van der Waals surface area contributed by atoms with Crippen molar-refractivity contribution in [2.24, 2.45) is 0 Å². The molecule has 2 N–H and O–H groups in total. The van der Waals surface area contributed by atoms with Crippen LogP contribution < -0.4 is 5.73 Å². The van der Waals surface area contributed by atoms with Crippen LogP contribution in [0.25, 0.3) is 0 Å². The summed E-state index contributed by atoms with van der Waals surface area (Å²) in [5.74, 6) is 0.00128. The van der Waals surface area contributed by atoms with Crippen molar-refractivity contribution in [3.8, 4) is 0 Å². The van der Waals surface area contributed by atoms with Crippen LogP contribution in [0.1, 0.15) is 23.6 Å². The van der Waals surface area contributed by atoms with Crippen molar-refractivity contribution >= 4 is 15.5 Å². The molecular formula is C16H19NO2S. The van der Waals surface area contributed by atoms with E-state index in [1.807, 2.05) is 24.3 Å². The van der Waals surface area contributed by atoms with E-state index in [0.29, 0.717) is 16.1 Å². The van der Waals surface area contributed by atoms with Crippen molar-refractivity contribution in [1.29, 1.82) is 0 Å². The van der Waals surface area contributed by atoms with E-state index in [0.717, 1.165) is 12.0 Å². The molecule has 106 valence electrons. The summed E-state index contributed by atoms with van der Waals surface area (Å²) in [5.41, 5.74) is 8.91. The lowest BCUT2D eigenvalue weighted by molar-refractivity contribution is 0.594. The molecule has 0 aliphatic rings. The van der Waals surface area contributed by atoms with Gasteiger partial charge in [-0.05, 0) is 42.2 Å². The van der Waals surface area contributed by atoms with Crippen LogP contribution in [0, 0.1) is 6.92 Å². The number of benzene rings is 2. The molecule has 2 aromatic rings. The zero-order valence-corrected chi connectivity index (χ0v) is 12.6. The second kappa shape index (κ2) is 5.67. The lowest BCUT2D eigenvalue weighted by Crippen LogP contribution is -2.08. The number of hydrogen-bond donors (Lipinski definition) is 1. The Balaban J connectivity index is 2.33. The summed E-state index contributed by atoms with van der Waals surface area (Å²) >= 11 is 0. The van der Waals surface area contributed by atoms with Gasteiger partial charge in [-0.1, -0.05) is 37.3 Å². The third-order valence-electron chi connectivity index (χ3n) is 3.45. The first-order valence-corrected chi connectivity index (χ1v) is 8.25. The van der Waals surface area contributed by atoms with E-state index in [1.165, 1.54) is 5.56 Å². The van der Waals surface area contributed by atoms with Crippen molar-refractivity contribution in [2.45, 2.75) is 30.9 Å². The van der Waals surface area contributed by atoms with E-state index >= 15 is 0 Å². The van der Waals surface area contributed by atoms with Gasteiger partial charge >= 0.3 is 0 Å². The highest BCUT2D eigenvalue weighted by atomic mass is 32.2. The van der Waals surface area contributed by atoms with Gasteiger partial charge in [-0.15, -0.1) is 0 Å². The summed E-state index contributed by atoms with van der Waals surface area (Å²) in [6.07, 6.45) is 0.946. The molecule has 0 atom stereocenters. The zero-order chi connectivity index (χ0) is 14.8. The number of aryl methyl sites for hydroxylation is 1. The zero-order valence-electron chi connectivity index (χ0n) is 11.8. The van der Waals surface area contributed by atoms with Gasteiger partial charge in [0.2, 0.25) is 0 Å². The lowest BCUT2D eigenvalue weighted by Gasteiger charge is -2.10. The standard InChI is InChI=1S/C16H19NO2S/c1-3-13-7-9-14(10-8-13)11-20(18,19)16-6-4-5-15(17)12(16)2/h4-10H,3,11,17H2,1-2H3. The molecule has 0 aliphatic carbocycles. The number of rotatable bonds is 4. The molecule has 2 aromatic carbocycles. The maximum absolute atomic E-state index is 12.5. The van der Waals surface area contributed by atoms with E-state index in [9.17, 15) is 8.42 Å². The fraction of sp³-hybridized carbons (Fsp3) is 0.250. The summed E-state index contributed by atoms with van der Waals surface area (Å²) in [6.45, 7) is 3.81. The summed E-state index contributed by atoms with van der Waals surface area (Å²) in [6, 6.07) is 12.7. The monoisotopic (exact) mass is 289 g/mol. The highest BCUT2D eigenvalue weighted by molar-refractivity contribution is 7.90. The molecule has 0 fully saturated rings. The Hall–Kier alpha value is -1.81. The van der Waals surface area contributed by atoms with Crippen molar-refractivity contribution in [3.05, 3.63) is 59.2 Å². The van der Waals surface area contributed by atoms with Gasteiger partial charge < -0.3 is 5.73 Å². The molecular weight excluding hydrogens is 270 g/mol. The molecule has 0 bridgehead atoms. The maximum Gasteiger partial charge on any atom is 0.182 e. The van der Waals surface area contributed by atoms with Crippen LogP contribution in [0.15, 0.2) is 47.4 Å². The SMILES string of the molecule is CCc1ccc(CS(=O)(=O)c2cccc(N)c2C)cc1. The molecule has 0 saturated heterocycles. The summed E-state index contributed by atoms with van der Waals surface area (Å²) in [4.78, 5) is 0.317. The molecule has 0 unspecified atom stereocenters. The Bertz CT molecular complexity index is 704. The fourth-order valence-electron chi connectivity index (χ4n) is 2.14. The molecule has 0 aliphatic heterocycles. The summed E-state index contributed by atoms with van der Waals surface area (Å²) in [5, 5.41) is 0. The fourth-order valence-corrected chi connectivity index (χ4v) is 3.79. The van der Waals surface area contributed by atoms with Gasteiger partial charge in [0, 0.05) is 5.69 Å². The van der Waals surface area contributed by atoms with Gasteiger partial charge in [0.05, 0.1) is 10.6 Å². The Morgan fingerprint density at radius 3 is 2.20 bits per heavy atom. The maximum atomic E-state index is 12.5. The van der Waals surface area contributed by atoms with Crippen molar-refractivity contribution in [1.82, 2.24) is 0 Å². The van der Waals surface area contributed by atoms with Crippen LogP contribution in [0.5, 0.6) is 0 Å². The van der Waals surface area contributed by atoms with E-state index in [4.69, 9.17) is 5.73 Å². The molecule has 2 rings (SSSR count). The largest absolute Gasteiger partial charge is 0.398 e. The molecule has 3 nitrogen and oxygen atoms in total. The Morgan fingerprint density at radius 2 is 1.60 bits per heavy atom. The average molecular weight is 289 g/mol. The van der Waals surface area contributed by atoms with Gasteiger partial charge in [-0.3, -0.25) is 0 Å². The Labute approximate surface area is 120 Å². The van der Waals surface area contributed by atoms with Crippen LogP contribution in [0.4, 0.5) is 5.69 Å². The average Bonchev–Trinajstić information content (AvgIpc) is 2.42. The molecule has 0 aromatic heterocycles. The first-order chi connectivity index (χ1) is 9.44. The van der Waals surface area contributed by atoms with Crippen LogP contribution in [-0.4, -0.2) is 8.42 Å². The molecule has 0 heterocycles. The van der Waals surface area contributed by atoms with Gasteiger partial charge in [0.25, 0.3) is 0 Å². The topological polar surface area (TPSA) is 60.2 Å². The van der Waals surface area contributed by atoms with Crippen LogP contribution >= 0.6 is 0 Å². The minimum Gasteiger partial charge on any atom is -0.398 e. The minimum atomic E-state index is -3.37. The van der Waals surface area contributed by atoms with Gasteiger partial charge in [-0.25, -0.2) is 8.42 Å². The highest BCUT2D eigenvalue weighted by Crippen LogP contribution is 2.24. The lowest BCUT2D eigenvalue weighted by atomic mass is 10.1. The number of nitrogens with two attached hydrogens (primary N) is 1. The first-order valence-electron chi connectivity index (χ1n) is 6.59. The molecule has 4 heteroatoms. The summed E-state index contributed by atoms with van der Waals surface area (Å²) in [7, 11) is -3.37. The minimum absolute atomic E-state index is 0.00128. The smallest absolute Gasteiger partial charge is 0.182 e. The molecule has 0 spiro atoms. The second-order valence-corrected chi connectivity index (χ2v) is 6.86. The predicted octanol–water partition coefficient (Wildman–Crippen LogP) is 3.11. The number of nitrogen functional groups attached to an aromatic ring is 1. The van der Waals surface area contributed by atoms with Gasteiger partial charge in [-0.2, -0.15) is 0 Å². The number of anilines is 1. The third-order valence-corrected chi connectivity index (χ3v) is 5.27. The highest BCUT2D eigenvalue weighted by Gasteiger charge is 2.18. The normalized spacial score (nSPS) is 11.5. The number of sulfone groups is 1. The van der Waals surface area contributed by atoms with Crippen molar-refractivity contribution < 1.29 is 8.42 Å². The van der Waals surface area contributed by atoms with E-state index in [1.54, 1.807) is 25.1 Å². The van der Waals surface area contributed by atoms with Crippen LogP contribution in [0.3, 0.4) is 0 Å². The third kappa shape index (κ3) is 3.02. The van der Waals surface area contributed by atoms with E-state index in [2.05, 4.69) is 6.92 Å². The Morgan fingerprint density at radius 1 is 1.00 bits per heavy atom. The van der Waals surface area contributed by atoms with Gasteiger partial charge in [0.15, 0.2) is 9.84 Å². The first kappa shape index (κ1) is 14.6. The quantitative estimate of drug-likeness (QED) is 0.880. The predicted molar refractivity (Wildman–Crippen MR) is 82.3 cm³/mol. The van der Waals surface area contributed by atoms with Crippen LogP contribution in [0.2, 0.25) is 0 Å². The Kier molecular flexibility index (Phi) is 4.14. The van der Waals surface area contributed by atoms with E-state index in [-0.39, 0.29) is 5.75 Å². The number of hydrogen-bond acceptors (Lipinski definition) is 3. The van der Waals surface area contributed by atoms with Crippen LogP contribution in [-0.2, 0) is 22.0 Å². The van der Waals surface area contributed by atoms with Crippen molar-refractivity contribution in [3.63, 3.8) is 0 Å².